The normalized spacial score (nSPS) is 14.5. The van der Waals surface area contributed by atoms with Crippen molar-refractivity contribution in [2.75, 3.05) is 12.3 Å². The lowest BCUT2D eigenvalue weighted by atomic mass is 10.0. The molecule has 1 aromatic carbocycles. The van der Waals surface area contributed by atoms with Gasteiger partial charge >= 0.3 is 5.97 Å². The van der Waals surface area contributed by atoms with Gasteiger partial charge in [0.25, 0.3) is 0 Å². The number of carbonyl (C=O) groups excluding carboxylic acids is 3. The van der Waals surface area contributed by atoms with Gasteiger partial charge in [-0.25, -0.2) is 4.79 Å². The molecule has 0 saturated carbocycles. The first kappa shape index (κ1) is 30.1. The molecule has 12 heteroatoms. The number of amides is 3. The number of aliphatic carboxylic acids is 1. The molecule has 4 atom stereocenters. The second-order valence-corrected chi connectivity index (χ2v) is 9.69. The van der Waals surface area contributed by atoms with Crippen LogP contribution in [0.1, 0.15) is 38.7 Å². The number of fused-ring (bicyclic) bond motifs is 1. The molecule has 204 valence electrons. The average Bonchev–Trinajstić information content (AvgIpc) is 3.27. The number of carboxylic acid groups (broad SMARTS) is 1. The van der Waals surface area contributed by atoms with Crippen LogP contribution in [0.3, 0.4) is 0 Å². The zero-order valence-electron chi connectivity index (χ0n) is 21.2. The summed E-state index contributed by atoms with van der Waals surface area (Å²) in [5.41, 5.74) is 13.2. The number of rotatable bonds is 15. The van der Waals surface area contributed by atoms with Crippen molar-refractivity contribution in [3.05, 3.63) is 36.0 Å². The number of carboxylic acids is 1. The molecule has 0 saturated heterocycles. The maximum absolute atomic E-state index is 13.3. The van der Waals surface area contributed by atoms with Gasteiger partial charge in [0.1, 0.15) is 18.1 Å². The Balaban J connectivity index is 2.21. The van der Waals surface area contributed by atoms with Gasteiger partial charge in [0.15, 0.2) is 0 Å². The molecule has 0 aliphatic rings. The second-order valence-electron chi connectivity index (χ2n) is 9.33. The SMILES string of the molecule is CC(C)C(NC(=O)C(CS)NC(=O)C(Cc1c[nH]c2ccccc12)NC(=O)C(N)CCCCN)C(=O)O. The number of nitrogens with two attached hydrogens (primary N) is 2. The molecule has 0 aliphatic heterocycles. The Morgan fingerprint density at radius 1 is 1.00 bits per heavy atom. The fraction of sp³-hybridized carbons (Fsp3) is 0.520. The minimum Gasteiger partial charge on any atom is -0.480 e. The van der Waals surface area contributed by atoms with Gasteiger partial charge in [0.05, 0.1) is 6.04 Å². The molecule has 2 rings (SSSR count). The number of aromatic amines is 1. The van der Waals surface area contributed by atoms with Gasteiger partial charge < -0.3 is 37.5 Å². The van der Waals surface area contributed by atoms with Crippen LogP contribution in [0.4, 0.5) is 0 Å². The number of nitrogens with one attached hydrogen (secondary N) is 4. The smallest absolute Gasteiger partial charge is 0.326 e. The van der Waals surface area contributed by atoms with E-state index >= 15 is 0 Å². The summed E-state index contributed by atoms with van der Waals surface area (Å²) >= 11 is 4.17. The molecule has 2 aromatic rings. The van der Waals surface area contributed by atoms with Gasteiger partial charge in [-0.1, -0.05) is 38.5 Å². The molecule has 3 amide bonds. The summed E-state index contributed by atoms with van der Waals surface area (Å²) in [6.07, 6.45) is 3.72. The first-order valence-corrected chi connectivity index (χ1v) is 13.0. The zero-order valence-corrected chi connectivity index (χ0v) is 22.1. The maximum atomic E-state index is 13.3. The van der Waals surface area contributed by atoms with Crippen LogP contribution in [0.15, 0.2) is 30.5 Å². The Kier molecular flexibility index (Phi) is 11.9. The number of thiol groups is 1. The number of H-pyrrole nitrogens is 1. The van der Waals surface area contributed by atoms with E-state index in [0.29, 0.717) is 19.4 Å². The molecule has 0 radical (unpaired) electrons. The van der Waals surface area contributed by atoms with Crippen molar-refractivity contribution in [3.8, 4) is 0 Å². The largest absolute Gasteiger partial charge is 0.480 e. The molecule has 0 spiro atoms. The summed E-state index contributed by atoms with van der Waals surface area (Å²) in [4.78, 5) is 53.5. The number of benzene rings is 1. The molecule has 1 heterocycles. The van der Waals surface area contributed by atoms with Crippen LogP contribution in [0, 0.1) is 5.92 Å². The van der Waals surface area contributed by atoms with Gasteiger partial charge in [-0.3, -0.25) is 14.4 Å². The minimum absolute atomic E-state index is 0.0750. The fourth-order valence-corrected chi connectivity index (χ4v) is 4.14. The van der Waals surface area contributed by atoms with Gasteiger partial charge in [0.2, 0.25) is 17.7 Å². The van der Waals surface area contributed by atoms with E-state index in [-0.39, 0.29) is 18.1 Å². The molecule has 37 heavy (non-hydrogen) atoms. The third kappa shape index (κ3) is 8.76. The summed E-state index contributed by atoms with van der Waals surface area (Å²) in [5.74, 6) is -3.41. The Labute approximate surface area is 221 Å². The molecule has 0 bridgehead atoms. The monoisotopic (exact) mass is 534 g/mol. The molecule has 0 aliphatic carbocycles. The van der Waals surface area contributed by atoms with E-state index in [1.54, 1.807) is 20.0 Å². The highest BCUT2D eigenvalue weighted by atomic mass is 32.1. The molecular formula is C25H38N6O5S. The summed E-state index contributed by atoms with van der Waals surface area (Å²) in [7, 11) is 0. The van der Waals surface area contributed by atoms with E-state index in [1.807, 2.05) is 24.3 Å². The van der Waals surface area contributed by atoms with E-state index in [1.165, 1.54) is 0 Å². The zero-order chi connectivity index (χ0) is 27.5. The van der Waals surface area contributed by atoms with Gasteiger partial charge in [-0.05, 0) is 36.9 Å². The number of para-hydroxylation sites is 1. The number of hydrogen-bond acceptors (Lipinski definition) is 7. The lowest BCUT2D eigenvalue weighted by Gasteiger charge is -2.25. The van der Waals surface area contributed by atoms with Crippen molar-refractivity contribution in [1.82, 2.24) is 20.9 Å². The van der Waals surface area contributed by atoms with Crippen molar-refractivity contribution in [3.63, 3.8) is 0 Å². The molecule has 11 nitrogen and oxygen atoms in total. The van der Waals surface area contributed by atoms with Crippen LogP contribution in [-0.4, -0.2) is 70.2 Å². The third-order valence-electron chi connectivity index (χ3n) is 6.08. The van der Waals surface area contributed by atoms with Crippen LogP contribution in [0.5, 0.6) is 0 Å². The van der Waals surface area contributed by atoms with Crippen LogP contribution < -0.4 is 27.4 Å². The van der Waals surface area contributed by atoms with E-state index in [2.05, 4.69) is 33.6 Å². The number of aromatic nitrogens is 1. The minimum atomic E-state index is -1.18. The van der Waals surface area contributed by atoms with Crippen molar-refractivity contribution in [2.45, 2.75) is 63.7 Å². The highest BCUT2D eigenvalue weighted by Gasteiger charge is 2.31. The van der Waals surface area contributed by atoms with Crippen LogP contribution >= 0.6 is 12.6 Å². The topological polar surface area (TPSA) is 192 Å². The predicted molar refractivity (Wildman–Crippen MR) is 145 cm³/mol. The quantitative estimate of drug-likeness (QED) is 0.119. The first-order valence-electron chi connectivity index (χ1n) is 12.3. The summed E-state index contributed by atoms with van der Waals surface area (Å²) < 4.78 is 0. The van der Waals surface area contributed by atoms with Crippen LogP contribution in [0.2, 0.25) is 0 Å². The molecule has 1 aromatic heterocycles. The van der Waals surface area contributed by atoms with Crippen molar-refractivity contribution in [1.29, 1.82) is 0 Å². The van der Waals surface area contributed by atoms with Crippen molar-refractivity contribution >= 4 is 47.2 Å². The second kappa shape index (κ2) is 14.6. The van der Waals surface area contributed by atoms with Gasteiger partial charge in [0, 0.05) is 29.3 Å². The molecular weight excluding hydrogens is 496 g/mol. The Morgan fingerprint density at radius 3 is 2.27 bits per heavy atom. The average molecular weight is 535 g/mol. The van der Waals surface area contributed by atoms with Crippen molar-refractivity contribution < 1.29 is 24.3 Å². The van der Waals surface area contributed by atoms with Gasteiger partial charge in [-0.2, -0.15) is 12.6 Å². The highest BCUT2D eigenvalue weighted by Crippen LogP contribution is 2.19. The molecule has 9 N–H and O–H groups in total. The number of carbonyl (C=O) groups is 4. The molecule has 0 fully saturated rings. The predicted octanol–water partition coefficient (Wildman–Crippen LogP) is 0.292. The summed E-state index contributed by atoms with van der Waals surface area (Å²) in [5, 5.41) is 18.0. The molecule has 4 unspecified atom stereocenters. The van der Waals surface area contributed by atoms with Crippen LogP contribution in [0.25, 0.3) is 10.9 Å². The number of unbranched alkanes of at least 4 members (excludes halogenated alkanes) is 1. The standard InChI is InChI=1S/C25H38N6O5S/c1-14(2)21(25(35)36)31-24(34)20(13-37)30-23(33)19(29-22(32)17(27)8-5-6-10-26)11-15-12-28-18-9-4-3-7-16(15)18/h3-4,7,9,12,14,17,19-21,28,37H,5-6,8,10-11,13,26-27H2,1-2H3,(H,29,32)(H,30,33)(H,31,34)(H,35,36). The third-order valence-corrected chi connectivity index (χ3v) is 6.45. The van der Waals surface area contributed by atoms with E-state index in [4.69, 9.17) is 11.5 Å². The van der Waals surface area contributed by atoms with E-state index in [9.17, 15) is 24.3 Å². The summed E-state index contributed by atoms with van der Waals surface area (Å²) in [6.45, 7) is 3.82. The van der Waals surface area contributed by atoms with Crippen molar-refractivity contribution in [2.24, 2.45) is 17.4 Å². The summed E-state index contributed by atoms with van der Waals surface area (Å²) in [6, 6.07) is 3.45. The fourth-order valence-electron chi connectivity index (χ4n) is 3.88. The Hall–Kier alpha value is -3.09. The highest BCUT2D eigenvalue weighted by molar-refractivity contribution is 7.80. The van der Waals surface area contributed by atoms with E-state index < -0.39 is 47.9 Å². The number of hydrogen-bond donors (Lipinski definition) is 8. The van der Waals surface area contributed by atoms with Gasteiger partial charge in [-0.15, -0.1) is 0 Å². The first-order chi connectivity index (χ1) is 17.6. The Morgan fingerprint density at radius 2 is 1.65 bits per heavy atom. The lowest BCUT2D eigenvalue weighted by Crippen LogP contribution is -2.58. The van der Waals surface area contributed by atoms with E-state index in [0.717, 1.165) is 22.9 Å². The van der Waals surface area contributed by atoms with Crippen LogP contribution in [-0.2, 0) is 25.6 Å². The lowest BCUT2D eigenvalue weighted by molar-refractivity contribution is -0.143. The maximum Gasteiger partial charge on any atom is 0.326 e. The Bertz CT molecular complexity index is 1070.